The lowest BCUT2D eigenvalue weighted by Gasteiger charge is -2.39. The topological polar surface area (TPSA) is 42.0 Å². The minimum Gasteiger partial charge on any atom is -0.494 e. The van der Waals surface area contributed by atoms with Gasteiger partial charge in [-0.15, -0.1) is 0 Å². The molecule has 5 rings (SSSR count). The molecule has 3 aliphatic heterocycles. The van der Waals surface area contributed by atoms with E-state index in [1.165, 1.54) is 38.0 Å². The second-order valence-electron chi connectivity index (χ2n) is 9.01. The van der Waals surface area contributed by atoms with Gasteiger partial charge < -0.3 is 19.3 Å². The molecule has 5 nitrogen and oxygen atoms in total. The lowest BCUT2D eigenvalue weighted by atomic mass is 9.83. The summed E-state index contributed by atoms with van der Waals surface area (Å²) in [6.45, 7) is 6.15. The fraction of sp³-hybridized carbons (Fsp3) is 0.500. The minimum absolute atomic E-state index is 0.175. The van der Waals surface area contributed by atoms with Gasteiger partial charge in [-0.2, -0.15) is 0 Å². The van der Waals surface area contributed by atoms with E-state index in [0.717, 1.165) is 62.4 Å². The number of fused-ring (bicyclic) bond motifs is 2. The van der Waals surface area contributed by atoms with E-state index in [1.807, 2.05) is 24.3 Å². The monoisotopic (exact) mass is 420 g/mol. The fourth-order valence-electron chi connectivity index (χ4n) is 5.26. The van der Waals surface area contributed by atoms with Gasteiger partial charge in [-0.25, -0.2) is 4.79 Å². The molecule has 2 aromatic carbocycles. The molecule has 0 radical (unpaired) electrons. The molecule has 3 heterocycles. The SMILES string of the molecule is O=C1OC2(CCN(c3ccc(OCCCN4CCCCC4)cc3)CC2)c2ccccc21. The van der Waals surface area contributed by atoms with E-state index < -0.39 is 5.60 Å². The number of hydrogen-bond donors (Lipinski definition) is 0. The summed E-state index contributed by atoms with van der Waals surface area (Å²) < 4.78 is 11.8. The van der Waals surface area contributed by atoms with Crippen molar-refractivity contribution in [3.63, 3.8) is 0 Å². The van der Waals surface area contributed by atoms with Crippen LogP contribution in [0.25, 0.3) is 0 Å². The highest BCUT2D eigenvalue weighted by molar-refractivity contribution is 5.94. The molecule has 0 bridgehead atoms. The maximum atomic E-state index is 12.3. The number of benzene rings is 2. The Labute approximate surface area is 184 Å². The van der Waals surface area contributed by atoms with E-state index in [1.54, 1.807) is 0 Å². The molecule has 0 aromatic heterocycles. The van der Waals surface area contributed by atoms with Crippen LogP contribution in [0.2, 0.25) is 0 Å². The van der Waals surface area contributed by atoms with Gasteiger partial charge in [0.05, 0.1) is 12.2 Å². The number of carbonyl (C=O) groups excluding carboxylic acids is 1. The summed E-state index contributed by atoms with van der Waals surface area (Å²) in [5, 5.41) is 0. The highest BCUT2D eigenvalue weighted by Gasteiger charge is 2.47. The van der Waals surface area contributed by atoms with Crippen LogP contribution in [-0.4, -0.2) is 50.2 Å². The number of carbonyl (C=O) groups is 1. The molecular formula is C26H32N2O3. The molecule has 0 aliphatic carbocycles. The third-order valence-electron chi connectivity index (χ3n) is 7.03. The molecule has 0 unspecified atom stereocenters. The molecule has 164 valence electrons. The zero-order valence-electron chi connectivity index (χ0n) is 18.2. The largest absolute Gasteiger partial charge is 0.494 e. The highest BCUT2D eigenvalue weighted by atomic mass is 16.6. The van der Waals surface area contributed by atoms with Gasteiger partial charge in [-0.3, -0.25) is 0 Å². The van der Waals surface area contributed by atoms with Gasteiger partial charge in [-0.1, -0.05) is 24.6 Å². The minimum atomic E-state index is -0.443. The Kier molecular flexibility index (Phi) is 5.86. The first-order chi connectivity index (χ1) is 15.2. The molecule has 3 aliphatic rings. The van der Waals surface area contributed by atoms with E-state index in [2.05, 4.69) is 34.1 Å². The summed E-state index contributed by atoms with van der Waals surface area (Å²) in [7, 11) is 0. The van der Waals surface area contributed by atoms with E-state index in [4.69, 9.17) is 9.47 Å². The van der Waals surface area contributed by atoms with Crippen LogP contribution < -0.4 is 9.64 Å². The van der Waals surface area contributed by atoms with E-state index in [9.17, 15) is 4.79 Å². The summed E-state index contributed by atoms with van der Waals surface area (Å²) >= 11 is 0. The molecule has 0 amide bonds. The number of piperidine rings is 2. The Bertz CT molecular complexity index is 897. The smallest absolute Gasteiger partial charge is 0.339 e. The van der Waals surface area contributed by atoms with Gasteiger partial charge in [0.25, 0.3) is 0 Å². The van der Waals surface area contributed by atoms with Crippen LogP contribution in [0.3, 0.4) is 0 Å². The average Bonchev–Trinajstić information content (AvgIpc) is 3.10. The Morgan fingerprint density at radius 3 is 2.42 bits per heavy atom. The number of anilines is 1. The zero-order chi connectivity index (χ0) is 21.1. The first-order valence-corrected chi connectivity index (χ1v) is 11.8. The number of rotatable bonds is 6. The summed E-state index contributed by atoms with van der Waals surface area (Å²) in [5.74, 6) is 0.764. The Hall–Kier alpha value is -2.53. The predicted octanol–water partition coefficient (Wildman–Crippen LogP) is 4.61. The normalized spacial score (nSPS) is 20.5. The van der Waals surface area contributed by atoms with E-state index in [0.29, 0.717) is 0 Å². The second-order valence-corrected chi connectivity index (χ2v) is 9.01. The third-order valence-corrected chi connectivity index (χ3v) is 7.03. The molecule has 5 heteroatoms. The van der Waals surface area contributed by atoms with Crippen LogP contribution in [0, 0.1) is 0 Å². The lowest BCUT2D eigenvalue weighted by Crippen LogP contribution is -2.42. The summed E-state index contributed by atoms with van der Waals surface area (Å²) in [5.41, 5.74) is 2.56. The van der Waals surface area contributed by atoms with Gasteiger partial charge in [0.1, 0.15) is 11.4 Å². The van der Waals surface area contributed by atoms with E-state index >= 15 is 0 Å². The fourth-order valence-corrected chi connectivity index (χ4v) is 5.26. The number of hydrogen-bond acceptors (Lipinski definition) is 5. The number of esters is 1. The first kappa shape index (κ1) is 20.4. The molecule has 0 saturated carbocycles. The van der Waals surface area contributed by atoms with Crippen molar-refractivity contribution in [2.24, 2.45) is 0 Å². The van der Waals surface area contributed by atoms with Crippen LogP contribution in [0.15, 0.2) is 48.5 Å². The average molecular weight is 421 g/mol. The Morgan fingerprint density at radius 1 is 0.903 bits per heavy atom. The molecule has 0 N–H and O–H groups in total. The number of ether oxygens (including phenoxy) is 2. The molecule has 2 saturated heterocycles. The maximum Gasteiger partial charge on any atom is 0.339 e. The van der Waals surface area contributed by atoms with Crippen LogP contribution in [0.5, 0.6) is 5.75 Å². The molecule has 2 fully saturated rings. The molecule has 0 atom stereocenters. The van der Waals surface area contributed by atoms with Crippen LogP contribution in [0.4, 0.5) is 5.69 Å². The summed E-state index contributed by atoms with van der Waals surface area (Å²) in [6.07, 6.45) is 6.80. The van der Waals surface area contributed by atoms with E-state index in [-0.39, 0.29) is 5.97 Å². The number of likely N-dealkylation sites (tertiary alicyclic amines) is 1. The van der Waals surface area contributed by atoms with Crippen molar-refractivity contribution in [1.82, 2.24) is 4.90 Å². The Balaban J connectivity index is 1.12. The van der Waals surface area contributed by atoms with Crippen molar-refractivity contribution in [3.05, 3.63) is 59.7 Å². The standard InChI is InChI=1S/C26H32N2O3/c29-25-23-7-2-3-8-24(23)26(31-25)13-18-28(19-14-26)21-9-11-22(12-10-21)30-20-6-17-27-15-4-1-5-16-27/h2-3,7-12H,1,4-6,13-20H2. The molecule has 31 heavy (non-hydrogen) atoms. The van der Waals surface area contributed by atoms with Crippen molar-refractivity contribution in [2.75, 3.05) is 44.2 Å². The van der Waals surface area contributed by atoms with Gasteiger partial charge in [-0.05, 0) is 62.7 Å². The zero-order valence-corrected chi connectivity index (χ0v) is 18.2. The van der Waals surface area contributed by atoms with Gasteiger partial charge in [0, 0.05) is 43.7 Å². The molecule has 1 spiro atoms. The maximum absolute atomic E-state index is 12.3. The predicted molar refractivity (Wildman–Crippen MR) is 122 cm³/mol. The molecular weight excluding hydrogens is 388 g/mol. The van der Waals surface area contributed by atoms with Crippen molar-refractivity contribution in [3.8, 4) is 5.75 Å². The first-order valence-electron chi connectivity index (χ1n) is 11.8. The van der Waals surface area contributed by atoms with Crippen LogP contribution >= 0.6 is 0 Å². The van der Waals surface area contributed by atoms with Gasteiger partial charge in [0.15, 0.2) is 0 Å². The van der Waals surface area contributed by atoms with Crippen LogP contribution in [0.1, 0.15) is 54.4 Å². The number of nitrogens with zero attached hydrogens (tertiary/aromatic N) is 2. The van der Waals surface area contributed by atoms with Crippen molar-refractivity contribution >= 4 is 11.7 Å². The highest BCUT2D eigenvalue weighted by Crippen LogP contribution is 2.44. The van der Waals surface area contributed by atoms with Gasteiger partial charge in [0.2, 0.25) is 0 Å². The summed E-state index contributed by atoms with van der Waals surface area (Å²) in [6, 6.07) is 16.3. The van der Waals surface area contributed by atoms with Crippen LogP contribution in [-0.2, 0) is 10.3 Å². The van der Waals surface area contributed by atoms with Crippen molar-refractivity contribution in [1.29, 1.82) is 0 Å². The van der Waals surface area contributed by atoms with Crippen molar-refractivity contribution < 1.29 is 14.3 Å². The molecule has 2 aromatic rings. The van der Waals surface area contributed by atoms with Gasteiger partial charge >= 0.3 is 5.97 Å². The quantitative estimate of drug-likeness (QED) is 0.504. The summed E-state index contributed by atoms with van der Waals surface area (Å²) in [4.78, 5) is 17.2. The van der Waals surface area contributed by atoms with Crippen molar-refractivity contribution in [2.45, 2.75) is 44.1 Å². The lowest BCUT2D eigenvalue weighted by molar-refractivity contribution is -0.0210. The third kappa shape index (κ3) is 4.29. The Morgan fingerprint density at radius 2 is 1.65 bits per heavy atom. The second kappa shape index (κ2) is 8.91.